The molecule has 0 aliphatic carbocycles. The van der Waals surface area contributed by atoms with E-state index in [2.05, 4.69) is 11.4 Å². The average molecular weight is 412 g/mol. The molecule has 7 heteroatoms. The van der Waals surface area contributed by atoms with Crippen LogP contribution in [-0.2, 0) is 16.1 Å². The molecule has 0 atom stereocenters. The van der Waals surface area contributed by atoms with Gasteiger partial charge in [0, 0.05) is 34.9 Å². The van der Waals surface area contributed by atoms with Gasteiger partial charge in [-0.15, -0.1) is 0 Å². The zero-order valence-electron chi connectivity index (χ0n) is 17.0. The van der Waals surface area contributed by atoms with Gasteiger partial charge in [-0.3, -0.25) is 4.79 Å². The first kappa shape index (κ1) is 21.4. The summed E-state index contributed by atoms with van der Waals surface area (Å²) in [5.41, 5.74) is 2.42. The van der Waals surface area contributed by atoms with Crippen molar-refractivity contribution in [2.45, 2.75) is 19.9 Å². The summed E-state index contributed by atoms with van der Waals surface area (Å²) in [5, 5.41) is 22.0. The summed E-state index contributed by atoms with van der Waals surface area (Å²) >= 11 is 0. The molecule has 0 bridgehead atoms. The molecule has 0 radical (unpaired) electrons. The Labute approximate surface area is 179 Å². The third-order valence-corrected chi connectivity index (χ3v) is 4.60. The van der Waals surface area contributed by atoms with Gasteiger partial charge in [-0.05, 0) is 43.3 Å². The molecule has 7 nitrogen and oxygen atoms in total. The van der Waals surface area contributed by atoms with Crippen LogP contribution in [0, 0.1) is 22.7 Å². The Morgan fingerprint density at radius 2 is 1.87 bits per heavy atom. The van der Waals surface area contributed by atoms with Crippen LogP contribution in [0.2, 0.25) is 0 Å². The van der Waals surface area contributed by atoms with E-state index in [0.717, 1.165) is 16.5 Å². The third kappa shape index (κ3) is 4.98. The first-order valence-corrected chi connectivity index (χ1v) is 9.72. The van der Waals surface area contributed by atoms with E-state index in [1.807, 2.05) is 41.1 Å². The number of benzene rings is 2. The average Bonchev–Trinajstić information content (AvgIpc) is 3.14. The van der Waals surface area contributed by atoms with Gasteiger partial charge in [-0.25, -0.2) is 4.79 Å². The lowest BCUT2D eigenvalue weighted by Crippen LogP contribution is -2.13. The smallest absolute Gasteiger partial charge is 0.338 e. The number of carbonyl (C=O) groups is 2. The molecule has 1 amide bonds. The number of hydrogen-bond donors (Lipinski definition) is 1. The standard InChI is InChI=1S/C24H20N4O3/c1-2-31-24(30)17-8-10-20(11-9-17)27-23(29)18(15-26)14-19-16-28(13-5-12-25)22-7-4-3-6-21(19)22/h3-4,6-11,14,16H,2,5,13H2,1H3,(H,27,29)/b18-14+. The van der Waals surface area contributed by atoms with Crippen LogP contribution in [0.25, 0.3) is 17.0 Å². The van der Waals surface area contributed by atoms with Gasteiger partial charge in [-0.1, -0.05) is 18.2 Å². The van der Waals surface area contributed by atoms with Crippen molar-refractivity contribution in [2.75, 3.05) is 11.9 Å². The summed E-state index contributed by atoms with van der Waals surface area (Å²) in [7, 11) is 0. The molecule has 0 spiro atoms. The number of para-hydroxylation sites is 1. The van der Waals surface area contributed by atoms with E-state index in [0.29, 0.717) is 24.2 Å². The Morgan fingerprint density at radius 3 is 2.55 bits per heavy atom. The second-order valence-corrected chi connectivity index (χ2v) is 6.62. The predicted octanol–water partition coefficient (Wildman–Crippen LogP) is 4.28. The summed E-state index contributed by atoms with van der Waals surface area (Å²) in [4.78, 5) is 24.4. The molecule has 0 saturated heterocycles. The number of carbonyl (C=O) groups excluding carboxylic acids is 2. The number of nitriles is 2. The van der Waals surface area contributed by atoms with Crippen molar-refractivity contribution in [3.8, 4) is 12.1 Å². The van der Waals surface area contributed by atoms with Crippen molar-refractivity contribution in [1.82, 2.24) is 4.57 Å². The van der Waals surface area contributed by atoms with Gasteiger partial charge in [0.25, 0.3) is 5.91 Å². The summed E-state index contributed by atoms with van der Waals surface area (Å²) in [5.74, 6) is -0.994. The highest BCUT2D eigenvalue weighted by Crippen LogP contribution is 2.24. The fraction of sp³-hybridized carbons (Fsp3) is 0.167. The van der Waals surface area contributed by atoms with E-state index < -0.39 is 11.9 Å². The molecule has 0 aliphatic heterocycles. The number of anilines is 1. The van der Waals surface area contributed by atoms with Gasteiger partial charge >= 0.3 is 5.97 Å². The number of nitrogens with zero attached hydrogens (tertiary/aromatic N) is 3. The molecule has 1 heterocycles. The van der Waals surface area contributed by atoms with Gasteiger partial charge in [0.1, 0.15) is 11.6 Å². The van der Waals surface area contributed by atoms with Crippen LogP contribution in [-0.4, -0.2) is 23.1 Å². The molecule has 3 aromatic rings. The number of nitrogens with one attached hydrogen (secondary N) is 1. The van der Waals surface area contributed by atoms with Crippen molar-refractivity contribution in [1.29, 1.82) is 10.5 Å². The number of aryl methyl sites for hydroxylation is 1. The third-order valence-electron chi connectivity index (χ3n) is 4.60. The van der Waals surface area contributed by atoms with E-state index in [-0.39, 0.29) is 12.2 Å². The van der Waals surface area contributed by atoms with Crippen molar-refractivity contribution in [2.24, 2.45) is 0 Å². The molecule has 1 N–H and O–H groups in total. The highest BCUT2D eigenvalue weighted by atomic mass is 16.5. The van der Waals surface area contributed by atoms with E-state index in [4.69, 9.17) is 10.00 Å². The Balaban J connectivity index is 1.84. The van der Waals surface area contributed by atoms with Crippen LogP contribution in [0.5, 0.6) is 0 Å². The summed E-state index contributed by atoms with van der Waals surface area (Å²) < 4.78 is 6.87. The van der Waals surface area contributed by atoms with Gasteiger partial charge in [0.05, 0.1) is 24.7 Å². The molecule has 154 valence electrons. The Morgan fingerprint density at radius 1 is 1.13 bits per heavy atom. The fourth-order valence-electron chi connectivity index (χ4n) is 3.15. The Kier molecular flexibility index (Phi) is 6.82. The number of aromatic nitrogens is 1. The topological polar surface area (TPSA) is 108 Å². The van der Waals surface area contributed by atoms with E-state index in [1.165, 1.54) is 6.08 Å². The van der Waals surface area contributed by atoms with Crippen molar-refractivity contribution >= 4 is 34.5 Å². The maximum absolute atomic E-state index is 12.6. The van der Waals surface area contributed by atoms with Gasteiger partial charge < -0.3 is 14.6 Å². The maximum atomic E-state index is 12.6. The zero-order chi connectivity index (χ0) is 22.2. The highest BCUT2D eigenvalue weighted by molar-refractivity contribution is 6.10. The first-order chi connectivity index (χ1) is 15.1. The Bertz CT molecular complexity index is 1220. The van der Waals surface area contributed by atoms with E-state index in [1.54, 1.807) is 31.2 Å². The SMILES string of the molecule is CCOC(=O)c1ccc(NC(=O)/C(C#N)=C/c2cn(CCC#N)c3ccccc23)cc1. The van der Waals surface area contributed by atoms with Gasteiger partial charge in [0.15, 0.2) is 0 Å². The van der Waals surface area contributed by atoms with E-state index >= 15 is 0 Å². The molecule has 3 rings (SSSR count). The number of fused-ring (bicyclic) bond motifs is 1. The summed E-state index contributed by atoms with van der Waals surface area (Å²) in [6.45, 7) is 2.52. The molecule has 0 saturated carbocycles. The van der Waals surface area contributed by atoms with Crippen molar-refractivity contribution in [3.63, 3.8) is 0 Å². The van der Waals surface area contributed by atoms with Crippen molar-refractivity contribution < 1.29 is 14.3 Å². The lowest BCUT2D eigenvalue weighted by molar-refractivity contribution is -0.112. The van der Waals surface area contributed by atoms with E-state index in [9.17, 15) is 14.9 Å². The normalized spacial score (nSPS) is 10.9. The number of amides is 1. The van der Waals surface area contributed by atoms with Gasteiger partial charge in [0.2, 0.25) is 0 Å². The quantitative estimate of drug-likeness (QED) is 0.354. The van der Waals surface area contributed by atoms with Crippen LogP contribution in [0.3, 0.4) is 0 Å². The van der Waals surface area contributed by atoms with Crippen LogP contribution in [0.1, 0.15) is 29.3 Å². The number of rotatable bonds is 7. The molecule has 0 aliphatic rings. The fourth-order valence-corrected chi connectivity index (χ4v) is 3.15. The molecular formula is C24H20N4O3. The van der Waals surface area contributed by atoms with Crippen LogP contribution in [0.15, 0.2) is 60.3 Å². The predicted molar refractivity (Wildman–Crippen MR) is 117 cm³/mol. The maximum Gasteiger partial charge on any atom is 0.338 e. The minimum Gasteiger partial charge on any atom is -0.462 e. The zero-order valence-corrected chi connectivity index (χ0v) is 17.0. The first-order valence-electron chi connectivity index (χ1n) is 9.72. The minimum absolute atomic E-state index is 0.0577. The number of hydrogen-bond acceptors (Lipinski definition) is 5. The highest BCUT2D eigenvalue weighted by Gasteiger charge is 2.13. The summed E-state index contributed by atoms with van der Waals surface area (Å²) in [6.07, 6.45) is 3.73. The van der Waals surface area contributed by atoms with Gasteiger partial charge in [-0.2, -0.15) is 10.5 Å². The molecule has 31 heavy (non-hydrogen) atoms. The molecule has 0 unspecified atom stereocenters. The molecule has 1 aromatic heterocycles. The molecular weight excluding hydrogens is 392 g/mol. The second kappa shape index (κ2) is 9.91. The monoisotopic (exact) mass is 412 g/mol. The molecule has 2 aromatic carbocycles. The van der Waals surface area contributed by atoms with Crippen LogP contribution < -0.4 is 5.32 Å². The number of esters is 1. The minimum atomic E-state index is -0.555. The largest absolute Gasteiger partial charge is 0.462 e. The Hall–Kier alpha value is -4.36. The van der Waals surface area contributed by atoms with Crippen LogP contribution in [0.4, 0.5) is 5.69 Å². The second-order valence-electron chi connectivity index (χ2n) is 6.62. The number of ether oxygens (including phenoxy) is 1. The molecule has 0 fully saturated rings. The van der Waals surface area contributed by atoms with Crippen LogP contribution >= 0.6 is 0 Å². The summed E-state index contributed by atoms with van der Waals surface area (Å²) in [6, 6.07) is 17.9. The van der Waals surface area contributed by atoms with Crippen molar-refractivity contribution in [3.05, 3.63) is 71.4 Å². The lowest BCUT2D eigenvalue weighted by atomic mass is 10.1. The lowest BCUT2D eigenvalue weighted by Gasteiger charge is -2.06.